The highest BCUT2D eigenvalue weighted by Gasteiger charge is 2.06. The monoisotopic (exact) mass is 278 g/mol. The Bertz CT molecular complexity index is 556. The summed E-state index contributed by atoms with van der Waals surface area (Å²) in [6.07, 6.45) is 0.792. The molecule has 0 spiro atoms. The Kier molecular flexibility index (Phi) is 4.78. The Morgan fingerprint density at radius 3 is 2.65 bits per heavy atom. The zero-order valence-corrected chi connectivity index (χ0v) is 11.5. The third-order valence-electron chi connectivity index (χ3n) is 2.78. The van der Waals surface area contributed by atoms with Gasteiger partial charge in [0.05, 0.1) is 20.8 Å². The second-order valence-corrected chi connectivity index (χ2v) is 4.07. The van der Waals surface area contributed by atoms with Crippen molar-refractivity contribution in [3.63, 3.8) is 0 Å². The van der Waals surface area contributed by atoms with Gasteiger partial charge in [-0.1, -0.05) is 11.2 Å². The van der Waals surface area contributed by atoms with E-state index < -0.39 is 0 Å². The van der Waals surface area contributed by atoms with Gasteiger partial charge in [-0.25, -0.2) is 0 Å². The molecule has 0 unspecified atom stereocenters. The minimum Gasteiger partial charge on any atom is -0.493 e. The van der Waals surface area contributed by atoms with E-state index in [1.807, 2.05) is 18.2 Å². The molecule has 0 aliphatic rings. The molecule has 0 saturated carbocycles. The van der Waals surface area contributed by atoms with Crippen LogP contribution >= 0.6 is 0 Å². The molecule has 2 aromatic rings. The number of benzene rings is 1. The molecule has 0 aliphatic heterocycles. The van der Waals surface area contributed by atoms with Crippen LogP contribution in [0.2, 0.25) is 0 Å². The van der Waals surface area contributed by atoms with Crippen molar-refractivity contribution in [2.75, 3.05) is 26.1 Å². The lowest BCUT2D eigenvalue weighted by Gasteiger charge is -2.09. The Balaban J connectivity index is 1.90. The number of anilines is 1. The summed E-state index contributed by atoms with van der Waals surface area (Å²) < 4.78 is 15.7. The van der Waals surface area contributed by atoms with Gasteiger partial charge in [-0.3, -0.25) is 0 Å². The van der Waals surface area contributed by atoms with E-state index in [-0.39, 0.29) is 6.54 Å². The zero-order valence-electron chi connectivity index (χ0n) is 11.5. The first-order valence-corrected chi connectivity index (χ1v) is 6.24. The van der Waals surface area contributed by atoms with Gasteiger partial charge in [0.2, 0.25) is 5.89 Å². The lowest BCUT2D eigenvalue weighted by molar-refractivity contribution is 0.354. The summed E-state index contributed by atoms with van der Waals surface area (Å²) in [6.45, 7) is 0.909. The highest BCUT2D eigenvalue weighted by atomic mass is 16.5. The number of hydrogen-bond donors (Lipinski definition) is 2. The standard InChI is InChI=1S/C13H18N4O3/c1-18-10-4-3-9(7-11(10)19-2)5-6-15-13-17-16-12(8-14)20-13/h3-4,7H,5-6,8,14H2,1-2H3,(H,15,17). The van der Waals surface area contributed by atoms with Crippen LogP contribution in [0, 0.1) is 0 Å². The number of hydrogen-bond acceptors (Lipinski definition) is 7. The fourth-order valence-electron chi connectivity index (χ4n) is 1.76. The van der Waals surface area contributed by atoms with Crippen LogP contribution in [0.25, 0.3) is 0 Å². The van der Waals surface area contributed by atoms with E-state index in [2.05, 4.69) is 15.5 Å². The Morgan fingerprint density at radius 1 is 1.20 bits per heavy atom. The molecular formula is C13H18N4O3. The van der Waals surface area contributed by atoms with Crippen molar-refractivity contribution in [3.8, 4) is 11.5 Å². The van der Waals surface area contributed by atoms with Gasteiger partial charge in [-0.2, -0.15) is 0 Å². The average molecular weight is 278 g/mol. The molecule has 0 bridgehead atoms. The number of aromatic nitrogens is 2. The molecule has 20 heavy (non-hydrogen) atoms. The van der Waals surface area contributed by atoms with Gasteiger partial charge in [-0.15, -0.1) is 5.10 Å². The lowest BCUT2D eigenvalue weighted by Crippen LogP contribution is -2.05. The minimum absolute atomic E-state index is 0.240. The smallest absolute Gasteiger partial charge is 0.315 e. The van der Waals surface area contributed by atoms with E-state index in [0.29, 0.717) is 29.9 Å². The van der Waals surface area contributed by atoms with Crippen molar-refractivity contribution in [3.05, 3.63) is 29.7 Å². The summed E-state index contributed by atoms with van der Waals surface area (Å²) in [5, 5.41) is 10.6. The largest absolute Gasteiger partial charge is 0.493 e. The fourth-order valence-corrected chi connectivity index (χ4v) is 1.76. The van der Waals surface area contributed by atoms with E-state index in [9.17, 15) is 0 Å². The Labute approximate surface area is 117 Å². The lowest BCUT2D eigenvalue weighted by atomic mass is 10.1. The van der Waals surface area contributed by atoms with Gasteiger partial charge < -0.3 is 24.9 Å². The van der Waals surface area contributed by atoms with Crippen LogP contribution in [-0.4, -0.2) is 31.0 Å². The number of nitrogens with one attached hydrogen (secondary N) is 1. The van der Waals surface area contributed by atoms with Gasteiger partial charge in [0.25, 0.3) is 0 Å². The molecule has 7 heteroatoms. The summed E-state index contributed by atoms with van der Waals surface area (Å²) in [7, 11) is 3.23. The van der Waals surface area contributed by atoms with Crippen LogP contribution in [0.15, 0.2) is 22.6 Å². The average Bonchev–Trinajstić information content (AvgIpc) is 2.95. The summed E-state index contributed by atoms with van der Waals surface area (Å²) in [5.41, 5.74) is 6.51. The first-order valence-electron chi connectivity index (χ1n) is 6.24. The first kappa shape index (κ1) is 14.1. The van der Waals surface area contributed by atoms with Crippen LogP contribution in [0.1, 0.15) is 11.5 Å². The molecule has 0 saturated heterocycles. The van der Waals surface area contributed by atoms with Gasteiger partial charge in [0.15, 0.2) is 11.5 Å². The predicted molar refractivity (Wildman–Crippen MR) is 73.9 cm³/mol. The quantitative estimate of drug-likeness (QED) is 0.785. The van der Waals surface area contributed by atoms with E-state index in [1.54, 1.807) is 14.2 Å². The normalized spacial score (nSPS) is 10.3. The molecule has 2 rings (SSSR count). The molecular weight excluding hydrogens is 260 g/mol. The molecule has 7 nitrogen and oxygen atoms in total. The van der Waals surface area contributed by atoms with Gasteiger partial charge >= 0.3 is 6.01 Å². The van der Waals surface area contributed by atoms with Crippen LogP contribution in [-0.2, 0) is 13.0 Å². The molecule has 1 aromatic heterocycles. The number of nitrogens with zero attached hydrogens (tertiary/aromatic N) is 2. The van der Waals surface area contributed by atoms with Crippen molar-refractivity contribution in [2.45, 2.75) is 13.0 Å². The van der Waals surface area contributed by atoms with Crippen LogP contribution in [0.4, 0.5) is 6.01 Å². The van der Waals surface area contributed by atoms with Crippen LogP contribution in [0.3, 0.4) is 0 Å². The second kappa shape index (κ2) is 6.76. The predicted octanol–water partition coefficient (Wildman–Crippen LogP) is 1.20. The molecule has 0 aliphatic carbocycles. The molecule has 0 radical (unpaired) electrons. The van der Waals surface area contributed by atoms with Crippen LogP contribution in [0.5, 0.6) is 11.5 Å². The Hall–Kier alpha value is -2.28. The summed E-state index contributed by atoms with van der Waals surface area (Å²) in [6, 6.07) is 6.20. The van der Waals surface area contributed by atoms with E-state index in [4.69, 9.17) is 19.6 Å². The summed E-state index contributed by atoms with van der Waals surface area (Å²) >= 11 is 0. The topological polar surface area (TPSA) is 95.4 Å². The molecule has 0 fully saturated rings. The van der Waals surface area contributed by atoms with Crippen molar-refractivity contribution in [1.29, 1.82) is 0 Å². The van der Waals surface area contributed by atoms with Gasteiger partial charge in [-0.05, 0) is 24.1 Å². The summed E-state index contributed by atoms with van der Waals surface area (Å²) in [5.74, 6) is 1.85. The minimum atomic E-state index is 0.240. The molecule has 1 aromatic carbocycles. The van der Waals surface area contributed by atoms with Crippen molar-refractivity contribution in [1.82, 2.24) is 10.2 Å². The fraction of sp³-hybridized carbons (Fsp3) is 0.385. The number of ether oxygens (including phenoxy) is 2. The van der Waals surface area contributed by atoms with Crippen molar-refractivity contribution < 1.29 is 13.9 Å². The molecule has 0 amide bonds. The molecule has 108 valence electrons. The highest BCUT2D eigenvalue weighted by molar-refractivity contribution is 5.43. The van der Waals surface area contributed by atoms with E-state index >= 15 is 0 Å². The van der Waals surface area contributed by atoms with Gasteiger partial charge in [0, 0.05) is 6.54 Å². The van der Waals surface area contributed by atoms with Crippen molar-refractivity contribution >= 4 is 6.01 Å². The van der Waals surface area contributed by atoms with Crippen molar-refractivity contribution in [2.24, 2.45) is 5.73 Å². The van der Waals surface area contributed by atoms with E-state index in [1.165, 1.54) is 0 Å². The second-order valence-electron chi connectivity index (χ2n) is 4.07. The molecule has 3 N–H and O–H groups in total. The summed E-state index contributed by atoms with van der Waals surface area (Å²) in [4.78, 5) is 0. The number of nitrogens with two attached hydrogens (primary N) is 1. The van der Waals surface area contributed by atoms with E-state index in [0.717, 1.165) is 12.0 Å². The number of methoxy groups -OCH3 is 2. The number of rotatable bonds is 7. The third kappa shape index (κ3) is 3.39. The molecule has 0 atom stereocenters. The van der Waals surface area contributed by atoms with Gasteiger partial charge in [0.1, 0.15) is 0 Å². The third-order valence-corrected chi connectivity index (χ3v) is 2.78. The Morgan fingerprint density at radius 2 is 2.00 bits per heavy atom. The SMILES string of the molecule is COc1ccc(CCNc2nnc(CN)o2)cc1OC. The maximum atomic E-state index is 5.39. The molecule has 1 heterocycles. The maximum absolute atomic E-state index is 5.39. The maximum Gasteiger partial charge on any atom is 0.315 e. The van der Waals surface area contributed by atoms with Crippen LogP contribution < -0.4 is 20.5 Å². The zero-order chi connectivity index (χ0) is 14.4. The first-order chi connectivity index (χ1) is 9.76. The highest BCUT2D eigenvalue weighted by Crippen LogP contribution is 2.27.